The number of nitrogens with zero attached hydrogens (tertiary/aromatic N) is 4. The average Bonchev–Trinajstić information content (AvgIpc) is 3.26. The summed E-state index contributed by atoms with van der Waals surface area (Å²) in [6, 6.07) is 6.89. The van der Waals surface area contributed by atoms with Crippen LogP contribution >= 0.6 is 0 Å². The zero-order valence-corrected chi connectivity index (χ0v) is 21.4. The molecule has 37 heavy (non-hydrogen) atoms. The van der Waals surface area contributed by atoms with Crippen molar-refractivity contribution in [3.63, 3.8) is 0 Å². The van der Waals surface area contributed by atoms with E-state index in [4.69, 9.17) is 14.6 Å². The van der Waals surface area contributed by atoms with Crippen LogP contribution in [0.5, 0.6) is 5.75 Å². The maximum absolute atomic E-state index is 13.1. The molecule has 11 heteroatoms. The van der Waals surface area contributed by atoms with Gasteiger partial charge in [0.25, 0.3) is 5.91 Å². The third kappa shape index (κ3) is 6.40. The molecule has 0 radical (unpaired) electrons. The normalized spacial score (nSPS) is 15.8. The summed E-state index contributed by atoms with van der Waals surface area (Å²) in [7, 11) is 1.54. The van der Waals surface area contributed by atoms with E-state index in [2.05, 4.69) is 36.0 Å². The molecule has 8 nitrogen and oxygen atoms in total. The number of aromatic nitrogens is 3. The van der Waals surface area contributed by atoms with Gasteiger partial charge >= 0.3 is 6.18 Å². The Bertz CT molecular complexity index is 1240. The molecular formula is C26H32F3N5O3. The Kier molecular flexibility index (Phi) is 7.75. The molecule has 1 fully saturated rings. The summed E-state index contributed by atoms with van der Waals surface area (Å²) >= 11 is 0. The number of anilines is 1. The smallest absolute Gasteiger partial charge is 0.433 e. The van der Waals surface area contributed by atoms with Gasteiger partial charge in [0.15, 0.2) is 0 Å². The van der Waals surface area contributed by atoms with E-state index in [-0.39, 0.29) is 23.9 Å². The molecule has 0 atom stereocenters. The number of amides is 1. The number of halogens is 3. The number of likely N-dealkylation sites (tertiary alicyclic amines) is 1. The number of carbonyl (C=O) groups is 1. The molecule has 4 rings (SSSR count). The standard InChI is InChI=1S/C26H32F3N5O3/c1-25(2,3)33-10-8-18(9-11-33)34-16-17-14-21(22(15-20(17)32-34)37-13-12-36-4)31-24(35)19-6-5-7-23(30-19)26(27,28)29/h5-7,14-16,18H,8-13H2,1-4H3,(H,31,35). The van der Waals surface area contributed by atoms with Gasteiger partial charge in [0, 0.05) is 43.4 Å². The van der Waals surface area contributed by atoms with E-state index in [1.54, 1.807) is 19.2 Å². The second-order valence-electron chi connectivity index (χ2n) is 10.1. The minimum absolute atomic E-state index is 0.121. The number of carbonyl (C=O) groups excluding carboxylic acids is 1. The first kappa shape index (κ1) is 26.9. The van der Waals surface area contributed by atoms with Crippen molar-refractivity contribution in [2.45, 2.75) is 51.4 Å². The van der Waals surface area contributed by atoms with Crippen molar-refractivity contribution in [2.24, 2.45) is 0 Å². The Morgan fingerprint density at radius 1 is 1.14 bits per heavy atom. The minimum Gasteiger partial charge on any atom is -0.489 e. The van der Waals surface area contributed by atoms with Crippen molar-refractivity contribution in [2.75, 3.05) is 38.7 Å². The Balaban J connectivity index is 1.59. The molecule has 0 spiro atoms. The SMILES string of the molecule is COCCOc1cc2nn(C3CCN(C(C)(C)C)CC3)cc2cc1NC(=O)c1cccc(C(F)(F)F)n1. The lowest BCUT2D eigenvalue weighted by molar-refractivity contribution is -0.141. The summed E-state index contributed by atoms with van der Waals surface area (Å²) in [6.07, 6.45) is -0.786. The number of nitrogens with one attached hydrogen (secondary N) is 1. The van der Waals surface area contributed by atoms with Crippen molar-refractivity contribution in [3.8, 4) is 5.75 Å². The summed E-state index contributed by atoms with van der Waals surface area (Å²) in [5.74, 6) is -0.429. The predicted molar refractivity (Wildman–Crippen MR) is 134 cm³/mol. The molecule has 200 valence electrons. The molecule has 0 unspecified atom stereocenters. The summed E-state index contributed by atoms with van der Waals surface area (Å²) in [5.41, 5.74) is -0.351. The molecule has 0 bridgehead atoms. The van der Waals surface area contributed by atoms with E-state index < -0.39 is 17.8 Å². The van der Waals surface area contributed by atoms with Crippen LogP contribution in [0.25, 0.3) is 10.9 Å². The number of rotatable bonds is 7. The highest BCUT2D eigenvalue weighted by molar-refractivity contribution is 6.05. The summed E-state index contributed by atoms with van der Waals surface area (Å²) in [5, 5.41) is 8.21. The van der Waals surface area contributed by atoms with Crippen LogP contribution in [0.4, 0.5) is 18.9 Å². The predicted octanol–water partition coefficient (Wildman–Crippen LogP) is 5.16. The number of hydrogen-bond donors (Lipinski definition) is 1. The van der Waals surface area contributed by atoms with Crippen molar-refractivity contribution in [1.29, 1.82) is 0 Å². The second-order valence-corrected chi connectivity index (χ2v) is 10.1. The number of pyridine rings is 1. The lowest BCUT2D eigenvalue weighted by Gasteiger charge is -2.40. The third-order valence-corrected chi connectivity index (χ3v) is 6.48. The molecule has 2 aromatic heterocycles. The van der Waals surface area contributed by atoms with E-state index in [1.807, 2.05) is 10.9 Å². The number of ether oxygens (including phenoxy) is 2. The largest absolute Gasteiger partial charge is 0.489 e. The van der Waals surface area contributed by atoms with E-state index in [0.29, 0.717) is 23.6 Å². The topological polar surface area (TPSA) is 81.5 Å². The fourth-order valence-corrected chi connectivity index (χ4v) is 4.42. The summed E-state index contributed by atoms with van der Waals surface area (Å²) in [4.78, 5) is 18.8. The van der Waals surface area contributed by atoms with Crippen molar-refractivity contribution >= 4 is 22.5 Å². The zero-order valence-electron chi connectivity index (χ0n) is 21.4. The number of fused-ring (bicyclic) bond motifs is 1. The van der Waals surface area contributed by atoms with Gasteiger partial charge in [-0.1, -0.05) is 6.07 Å². The van der Waals surface area contributed by atoms with Gasteiger partial charge < -0.3 is 14.8 Å². The van der Waals surface area contributed by atoms with Crippen LogP contribution in [0.3, 0.4) is 0 Å². The summed E-state index contributed by atoms with van der Waals surface area (Å²) in [6.45, 7) is 9.13. The van der Waals surface area contributed by atoms with Gasteiger partial charge in [0.1, 0.15) is 23.7 Å². The number of benzene rings is 1. The van der Waals surface area contributed by atoms with Crippen LogP contribution in [0, 0.1) is 0 Å². The van der Waals surface area contributed by atoms with Crippen molar-refractivity contribution in [3.05, 3.63) is 47.9 Å². The van der Waals surface area contributed by atoms with Crippen LogP contribution in [0.15, 0.2) is 36.5 Å². The lowest BCUT2D eigenvalue weighted by atomic mass is 9.98. The molecule has 1 saturated heterocycles. The lowest BCUT2D eigenvalue weighted by Crippen LogP contribution is -2.46. The Labute approximate surface area is 213 Å². The van der Waals surface area contributed by atoms with Gasteiger partial charge in [-0.3, -0.25) is 14.4 Å². The monoisotopic (exact) mass is 519 g/mol. The minimum atomic E-state index is -4.65. The molecule has 1 aromatic carbocycles. The van der Waals surface area contributed by atoms with Crippen molar-refractivity contribution in [1.82, 2.24) is 19.7 Å². The molecule has 0 saturated carbocycles. The number of hydrogen-bond acceptors (Lipinski definition) is 6. The average molecular weight is 520 g/mol. The van der Waals surface area contributed by atoms with E-state index in [9.17, 15) is 18.0 Å². The van der Waals surface area contributed by atoms with Crippen LogP contribution < -0.4 is 10.1 Å². The molecule has 1 aliphatic rings. The molecule has 0 aliphatic carbocycles. The van der Waals surface area contributed by atoms with Gasteiger partial charge in [0.05, 0.1) is 23.9 Å². The first-order valence-corrected chi connectivity index (χ1v) is 12.2. The highest BCUT2D eigenvalue weighted by atomic mass is 19.4. The molecule has 1 aliphatic heterocycles. The van der Waals surface area contributed by atoms with E-state index >= 15 is 0 Å². The van der Waals surface area contributed by atoms with Gasteiger partial charge in [-0.05, 0) is 51.8 Å². The zero-order chi connectivity index (χ0) is 26.8. The number of alkyl halides is 3. The Hall–Kier alpha value is -3.18. The van der Waals surface area contributed by atoms with E-state index in [0.717, 1.165) is 43.5 Å². The number of methoxy groups -OCH3 is 1. The summed E-state index contributed by atoms with van der Waals surface area (Å²) < 4.78 is 52.0. The second kappa shape index (κ2) is 10.7. The Morgan fingerprint density at radius 3 is 2.51 bits per heavy atom. The first-order valence-electron chi connectivity index (χ1n) is 12.2. The molecule has 3 heterocycles. The fraction of sp³-hybridized carbons (Fsp3) is 0.500. The quantitative estimate of drug-likeness (QED) is 0.434. The van der Waals surface area contributed by atoms with Gasteiger partial charge in [-0.2, -0.15) is 18.3 Å². The van der Waals surface area contributed by atoms with Crippen LogP contribution in [-0.2, 0) is 10.9 Å². The van der Waals surface area contributed by atoms with Gasteiger partial charge in [-0.25, -0.2) is 4.98 Å². The third-order valence-electron chi connectivity index (χ3n) is 6.48. The van der Waals surface area contributed by atoms with Crippen molar-refractivity contribution < 1.29 is 27.4 Å². The van der Waals surface area contributed by atoms with E-state index in [1.165, 1.54) is 6.07 Å². The fourth-order valence-electron chi connectivity index (χ4n) is 4.42. The van der Waals surface area contributed by atoms with Crippen LogP contribution in [0.2, 0.25) is 0 Å². The number of piperidine rings is 1. The van der Waals surface area contributed by atoms with Gasteiger partial charge in [0.2, 0.25) is 0 Å². The Morgan fingerprint density at radius 2 is 1.86 bits per heavy atom. The highest BCUT2D eigenvalue weighted by Gasteiger charge is 2.33. The maximum Gasteiger partial charge on any atom is 0.433 e. The molecule has 1 amide bonds. The molecular weight excluding hydrogens is 487 g/mol. The first-order chi connectivity index (χ1) is 17.5. The maximum atomic E-state index is 13.1. The van der Waals surface area contributed by atoms with Crippen LogP contribution in [0.1, 0.15) is 55.8 Å². The highest BCUT2D eigenvalue weighted by Crippen LogP contribution is 2.33. The molecule has 1 N–H and O–H groups in total. The van der Waals surface area contributed by atoms with Crippen LogP contribution in [-0.4, -0.2) is 64.5 Å². The molecule has 3 aromatic rings. The van der Waals surface area contributed by atoms with Gasteiger partial charge in [-0.15, -0.1) is 0 Å².